The second-order valence-corrected chi connectivity index (χ2v) is 7.97. The maximum atomic E-state index is 12.6. The summed E-state index contributed by atoms with van der Waals surface area (Å²) >= 11 is 5.93. The van der Waals surface area contributed by atoms with Gasteiger partial charge in [0.05, 0.1) is 6.61 Å². The first-order valence-corrected chi connectivity index (χ1v) is 10.9. The van der Waals surface area contributed by atoms with Crippen LogP contribution in [0, 0.1) is 6.92 Å². The van der Waals surface area contributed by atoms with Crippen molar-refractivity contribution in [1.29, 1.82) is 0 Å². The second-order valence-electron chi connectivity index (χ2n) is 7.53. The highest BCUT2D eigenvalue weighted by atomic mass is 35.5. The lowest BCUT2D eigenvalue weighted by Crippen LogP contribution is -2.42. The quantitative estimate of drug-likeness (QED) is 0.414. The number of halogens is 1. The van der Waals surface area contributed by atoms with Gasteiger partial charge in [-0.15, -0.1) is 0 Å². The highest BCUT2D eigenvalue weighted by molar-refractivity contribution is 6.30. The molecule has 7 nitrogen and oxygen atoms in total. The Morgan fingerprint density at radius 2 is 1.88 bits per heavy atom. The first-order chi connectivity index (χ1) is 15.9. The Kier molecular flexibility index (Phi) is 8.27. The van der Waals surface area contributed by atoms with E-state index in [1.807, 2.05) is 25.2 Å². The van der Waals surface area contributed by atoms with Gasteiger partial charge in [0.15, 0.2) is 0 Å². The molecule has 3 N–H and O–H groups in total. The van der Waals surface area contributed by atoms with Crippen LogP contribution in [0.5, 0.6) is 5.75 Å². The molecule has 33 heavy (non-hydrogen) atoms. The van der Waals surface area contributed by atoms with Crippen molar-refractivity contribution < 1.29 is 19.4 Å². The van der Waals surface area contributed by atoms with Gasteiger partial charge in [-0.1, -0.05) is 29.8 Å². The SMILES string of the molecule is CNc1cccc(CCOc2ccc(C[C@H](NC(=O)c3ccc(Cl)cc3C)C(=O)O)cc2)n1. The number of nitrogens with zero attached hydrogens (tertiary/aromatic N) is 1. The average molecular weight is 468 g/mol. The number of rotatable bonds is 10. The standard InChI is InChI=1S/C25H26ClN3O4/c1-16-14-18(26)8-11-21(16)24(30)29-22(25(31)32)15-17-6-9-20(10-7-17)33-13-12-19-4-3-5-23(27-2)28-19/h3-11,14,22H,12-13,15H2,1-2H3,(H,27,28)(H,29,30)(H,31,32)/t22-/m0/s1. The van der Waals surface area contributed by atoms with Crippen LogP contribution in [0.4, 0.5) is 5.82 Å². The molecule has 3 aromatic rings. The Hall–Kier alpha value is -3.58. The molecule has 0 unspecified atom stereocenters. The third-order valence-corrected chi connectivity index (χ3v) is 5.32. The van der Waals surface area contributed by atoms with Crippen molar-refractivity contribution in [3.8, 4) is 5.75 Å². The summed E-state index contributed by atoms with van der Waals surface area (Å²) in [6, 6.07) is 16.7. The predicted molar refractivity (Wildman–Crippen MR) is 128 cm³/mol. The van der Waals surface area contributed by atoms with Crippen molar-refractivity contribution in [2.45, 2.75) is 25.8 Å². The Bertz CT molecular complexity index is 1120. The molecule has 1 aromatic heterocycles. The number of aromatic nitrogens is 1. The van der Waals surface area contributed by atoms with E-state index >= 15 is 0 Å². The monoisotopic (exact) mass is 467 g/mol. The number of hydrogen-bond acceptors (Lipinski definition) is 5. The molecule has 0 fully saturated rings. The molecule has 0 saturated heterocycles. The zero-order chi connectivity index (χ0) is 23.8. The number of carboxylic acid groups (broad SMARTS) is 1. The smallest absolute Gasteiger partial charge is 0.326 e. The van der Waals surface area contributed by atoms with Crippen LogP contribution in [-0.4, -0.2) is 41.7 Å². The number of carbonyl (C=O) groups excluding carboxylic acids is 1. The van der Waals surface area contributed by atoms with Crippen molar-refractivity contribution in [3.63, 3.8) is 0 Å². The van der Waals surface area contributed by atoms with E-state index in [-0.39, 0.29) is 6.42 Å². The first-order valence-electron chi connectivity index (χ1n) is 10.5. The predicted octanol–water partition coefficient (Wildman–Crippen LogP) is 4.13. The van der Waals surface area contributed by atoms with Gasteiger partial charge in [0.25, 0.3) is 5.91 Å². The van der Waals surface area contributed by atoms with Gasteiger partial charge >= 0.3 is 5.97 Å². The Morgan fingerprint density at radius 3 is 2.55 bits per heavy atom. The van der Waals surface area contributed by atoms with Crippen LogP contribution in [0.3, 0.4) is 0 Å². The molecule has 3 rings (SSSR count). The topological polar surface area (TPSA) is 101 Å². The van der Waals surface area contributed by atoms with Crippen molar-refractivity contribution >= 4 is 29.3 Å². The number of ether oxygens (including phenoxy) is 1. The summed E-state index contributed by atoms with van der Waals surface area (Å²) in [7, 11) is 1.82. The third-order valence-electron chi connectivity index (χ3n) is 5.09. The molecule has 0 radical (unpaired) electrons. The van der Waals surface area contributed by atoms with E-state index in [4.69, 9.17) is 16.3 Å². The number of hydrogen-bond donors (Lipinski definition) is 3. The minimum absolute atomic E-state index is 0.148. The summed E-state index contributed by atoms with van der Waals surface area (Å²) in [6.45, 7) is 2.22. The first kappa shape index (κ1) is 24.1. The molecule has 1 heterocycles. The number of carbonyl (C=O) groups is 2. The van der Waals surface area contributed by atoms with Crippen LogP contribution in [0.2, 0.25) is 5.02 Å². The van der Waals surface area contributed by atoms with E-state index in [0.29, 0.717) is 34.9 Å². The molecule has 0 saturated carbocycles. The van der Waals surface area contributed by atoms with Crippen LogP contribution in [0.15, 0.2) is 60.7 Å². The summed E-state index contributed by atoms with van der Waals surface area (Å²) < 4.78 is 5.78. The normalized spacial score (nSPS) is 11.5. The molecule has 0 bridgehead atoms. The molecule has 0 aliphatic heterocycles. The van der Waals surface area contributed by atoms with Crippen molar-refractivity contribution in [2.24, 2.45) is 0 Å². The van der Waals surface area contributed by atoms with Gasteiger partial charge in [0.2, 0.25) is 0 Å². The van der Waals surface area contributed by atoms with Gasteiger partial charge in [0, 0.05) is 36.2 Å². The fraction of sp³-hybridized carbons (Fsp3) is 0.240. The van der Waals surface area contributed by atoms with Gasteiger partial charge < -0.3 is 20.5 Å². The van der Waals surface area contributed by atoms with Crippen LogP contribution in [-0.2, 0) is 17.6 Å². The molecule has 2 aromatic carbocycles. The van der Waals surface area contributed by atoms with E-state index in [0.717, 1.165) is 17.1 Å². The zero-order valence-corrected chi connectivity index (χ0v) is 19.2. The van der Waals surface area contributed by atoms with E-state index in [1.54, 1.807) is 49.4 Å². The van der Waals surface area contributed by atoms with Crippen LogP contribution in [0.25, 0.3) is 0 Å². The van der Waals surface area contributed by atoms with Gasteiger partial charge in [-0.05, 0) is 60.5 Å². The molecule has 1 amide bonds. The lowest BCUT2D eigenvalue weighted by Gasteiger charge is -2.16. The number of pyridine rings is 1. The van der Waals surface area contributed by atoms with Crippen molar-refractivity contribution in [2.75, 3.05) is 19.0 Å². The van der Waals surface area contributed by atoms with E-state index < -0.39 is 17.9 Å². The highest BCUT2D eigenvalue weighted by Crippen LogP contribution is 2.17. The van der Waals surface area contributed by atoms with E-state index in [9.17, 15) is 14.7 Å². The number of anilines is 1. The van der Waals surface area contributed by atoms with Crippen LogP contribution >= 0.6 is 11.6 Å². The molecular weight excluding hydrogens is 442 g/mol. The van der Waals surface area contributed by atoms with Crippen molar-refractivity contribution in [1.82, 2.24) is 10.3 Å². The third kappa shape index (κ3) is 6.95. The molecule has 8 heteroatoms. The maximum absolute atomic E-state index is 12.6. The highest BCUT2D eigenvalue weighted by Gasteiger charge is 2.22. The van der Waals surface area contributed by atoms with Gasteiger partial charge in [0.1, 0.15) is 17.6 Å². The molecular formula is C25H26ClN3O4. The number of amides is 1. The minimum Gasteiger partial charge on any atom is -0.493 e. The second kappa shape index (κ2) is 11.3. The fourth-order valence-corrected chi connectivity index (χ4v) is 3.53. The Balaban J connectivity index is 1.56. The van der Waals surface area contributed by atoms with Gasteiger partial charge in [-0.3, -0.25) is 4.79 Å². The fourth-order valence-electron chi connectivity index (χ4n) is 3.31. The maximum Gasteiger partial charge on any atom is 0.326 e. The largest absolute Gasteiger partial charge is 0.493 e. The molecule has 0 spiro atoms. The number of carboxylic acids is 1. The molecule has 0 aliphatic carbocycles. The minimum atomic E-state index is -1.11. The zero-order valence-electron chi connectivity index (χ0n) is 18.5. The number of aliphatic carboxylic acids is 1. The molecule has 0 aliphatic rings. The van der Waals surface area contributed by atoms with Crippen LogP contribution < -0.4 is 15.4 Å². The van der Waals surface area contributed by atoms with Crippen LogP contribution in [0.1, 0.15) is 27.2 Å². The summed E-state index contributed by atoms with van der Waals surface area (Å²) in [6.07, 6.45) is 0.809. The van der Waals surface area contributed by atoms with Crippen molar-refractivity contribution in [3.05, 3.63) is 88.1 Å². The molecule has 1 atom stereocenters. The summed E-state index contributed by atoms with van der Waals surface area (Å²) in [5.74, 6) is -0.0709. The summed E-state index contributed by atoms with van der Waals surface area (Å²) in [4.78, 5) is 28.7. The average Bonchev–Trinajstić information content (AvgIpc) is 2.79. The summed E-state index contributed by atoms with van der Waals surface area (Å²) in [5.41, 5.74) is 2.77. The van der Waals surface area contributed by atoms with Gasteiger partial charge in [-0.2, -0.15) is 0 Å². The lowest BCUT2D eigenvalue weighted by molar-refractivity contribution is -0.139. The number of nitrogens with one attached hydrogen (secondary N) is 2. The van der Waals surface area contributed by atoms with E-state index in [2.05, 4.69) is 15.6 Å². The lowest BCUT2D eigenvalue weighted by atomic mass is 10.0. The Morgan fingerprint density at radius 1 is 1.12 bits per heavy atom. The van der Waals surface area contributed by atoms with E-state index in [1.165, 1.54) is 0 Å². The molecule has 172 valence electrons. The Labute approximate surface area is 197 Å². The number of benzene rings is 2. The van der Waals surface area contributed by atoms with Gasteiger partial charge in [-0.25, -0.2) is 9.78 Å². The number of aryl methyl sites for hydroxylation is 1. The summed E-state index contributed by atoms with van der Waals surface area (Å²) in [5, 5.41) is 15.7.